The predicted molar refractivity (Wildman–Crippen MR) is 174 cm³/mol. The minimum atomic E-state index is -1.07. The highest BCUT2D eigenvalue weighted by Gasteiger charge is 2.20. The molecule has 1 unspecified atom stereocenters. The molecule has 0 spiro atoms. The lowest BCUT2D eigenvalue weighted by molar-refractivity contribution is -0.154. The fraction of sp³-hybridized carbons (Fsp3) is 0.432. The first kappa shape index (κ1) is 35.3. The van der Waals surface area contributed by atoms with Crippen LogP contribution in [0.15, 0.2) is 72.8 Å². The van der Waals surface area contributed by atoms with Crippen LogP contribution >= 0.6 is 0 Å². The first-order chi connectivity index (χ1) is 21.9. The molecule has 0 amide bonds. The Hall–Kier alpha value is -4.17. The molecule has 0 aromatic heterocycles. The van der Waals surface area contributed by atoms with Gasteiger partial charge in [0.25, 0.3) is 0 Å². The van der Waals surface area contributed by atoms with Crippen LogP contribution in [0.3, 0.4) is 0 Å². The van der Waals surface area contributed by atoms with E-state index in [4.69, 9.17) is 23.7 Å². The van der Waals surface area contributed by atoms with Gasteiger partial charge in [-0.1, -0.05) is 76.6 Å². The second-order valence-electron chi connectivity index (χ2n) is 10.8. The standard InChI is InChI=1S/C37H46O8/c1-4-6-8-9-10-11-25-42-33-20-16-30(17-21-33)29-12-14-31(15-13-29)37(40)45-34-22-18-32(19-23-34)36(39)44-28(3)35(38)43-27-26-41-24-7-5-2/h12-23,28H,4-11,24-27H2,1-3H3. The summed E-state index contributed by atoms with van der Waals surface area (Å²) in [4.78, 5) is 37.3. The minimum absolute atomic E-state index is 0.0924. The van der Waals surface area contributed by atoms with Crippen molar-refractivity contribution in [3.63, 3.8) is 0 Å². The van der Waals surface area contributed by atoms with Crippen LogP contribution in [0, 0.1) is 0 Å². The topological polar surface area (TPSA) is 97.4 Å². The lowest BCUT2D eigenvalue weighted by atomic mass is 10.0. The highest BCUT2D eigenvalue weighted by molar-refractivity contribution is 5.93. The highest BCUT2D eigenvalue weighted by Crippen LogP contribution is 2.24. The van der Waals surface area contributed by atoms with Crippen molar-refractivity contribution in [3.05, 3.63) is 83.9 Å². The minimum Gasteiger partial charge on any atom is -0.494 e. The van der Waals surface area contributed by atoms with E-state index < -0.39 is 24.0 Å². The van der Waals surface area contributed by atoms with Gasteiger partial charge in [-0.25, -0.2) is 14.4 Å². The lowest BCUT2D eigenvalue weighted by Gasteiger charge is -2.13. The van der Waals surface area contributed by atoms with Gasteiger partial charge in [-0.2, -0.15) is 0 Å². The molecule has 8 heteroatoms. The fourth-order valence-corrected chi connectivity index (χ4v) is 4.38. The number of carbonyl (C=O) groups excluding carboxylic acids is 3. The van der Waals surface area contributed by atoms with E-state index in [1.807, 2.05) is 36.4 Å². The molecular formula is C37H46O8. The lowest BCUT2D eigenvalue weighted by Crippen LogP contribution is -2.27. The molecule has 1 atom stereocenters. The van der Waals surface area contributed by atoms with Gasteiger partial charge in [0.1, 0.15) is 18.1 Å². The van der Waals surface area contributed by atoms with E-state index in [1.165, 1.54) is 63.3 Å². The summed E-state index contributed by atoms with van der Waals surface area (Å²) in [6, 6.07) is 21.0. The zero-order valence-corrected chi connectivity index (χ0v) is 26.8. The number of unbranched alkanes of at least 4 members (excludes halogenated alkanes) is 6. The maximum absolute atomic E-state index is 12.7. The number of carbonyl (C=O) groups is 3. The van der Waals surface area contributed by atoms with Gasteiger partial charge in [0.2, 0.25) is 0 Å². The van der Waals surface area contributed by atoms with E-state index in [2.05, 4.69) is 13.8 Å². The molecule has 45 heavy (non-hydrogen) atoms. The molecule has 0 aliphatic carbocycles. The summed E-state index contributed by atoms with van der Waals surface area (Å²) in [5.74, 6) is -0.741. The Kier molecular flexibility index (Phi) is 15.7. The highest BCUT2D eigenvalue weighted by atomic mass is 16.6. The van der Waals surface area contributed by atoms with Crippen molar-refractivity contribution in [1.29, 1.82) is 0 Å². The van der Waals surface area contributed by atoms with Gasteiger partial charge in [-0.15, -0.1) is 0 Å². The molecule has 8 nitrogen and oxygen atoms in total. The average Bonchev–Trinajstić information content (AvgIpc) is 3.06. The van der Waals surface area contributed by atoms with Crippen molar-refractivity contribution in [1.82, 2.24) is 0 Å². The number of hydrogen-bond acceptors (Lipinski definition) is 8. The third-order valence-electron chi connectivity index (χ3n) is 7.11. The molecule has 3 rings (SSSR count). The van der Waals surface area contributed by atoms with Crippen molar-refractivity contribution in [2.24, 2.45) is 0 Å². The molecule has 0 aliphatic heterocycles. The molecule has 0 saturated heterocycles. The van der Waals surface area contributed by atoms with E-state index in [0.717, 1.165) is 42.7 Å². The number of rotatable bonds is 20. The monoisotopic (exact) mass is 618 g/mol. The summed E-state index contributed by atoms with van der Waals surface area (Å²) in [5, 5.41) is 0. The fourth-order valence-electron chi connectivity index (χ4n) is 4.38. The van der Waals surface area contributed by atoms with Gasteiger partial charge in [0, 0.05) is 6.61 Å². The summed E-state index contributed by atoms with van der Waals surface area (Å²) in [6.45, 7) is 7.45. The Bertz CT molecular complexity index is 1300. The molecule has 0 bridgehead atoms. The van der Waals surface area contributed by atoms with Crippen molar-refractivity contribution in [3.8, 4) is 22.6 Å². The molecular weight excluding hydrogens is 572 g/mol. The van der Waals surface area contributed by atoms with E-state index in [0.29, 0.717) is 18.8 Å². The zero-order chi connectivity index (χ0) is 32.3. The van der Waals surface area contributed by atoms with Crippen LogP contribution in [0.1, 0.15) is 92.9 Å². The van der Waals surface area contributed by atoms with Crippen molar-refractivity contribution >= 4 is 17.9 Å². The van der Waals surface area contributed by atoms with Crippen molar-refractivity contribution in [2.75, 3.05) is 26.4 Å². The smallest absolute Gasteiger partial charge is 0.347 e. The Labute approximate surface area is 267 Å². The van der Waals surface area contributed by atoms with E-state index >= 15 is 0 Å². The van der Waals surface area contributed by atoms with Crippen LogP contribution in [-0.2, 0) is 19.0 Å². The second kappa shape index (κ2) is 20.0. The summed E-state index contributed by atoms with van der Waals surface area (Å²) < 4.78 is 27.0. The van der Waals surface area contributed by atoms with Gasteiger partial charge in [-0.05, 0) is 79.4 Å². The Balaban J connectivity index is 1.42. The van der Waals surface area contributed by atoms with Crippen LogP contribution in [0.4, 0.5) is 0 Å². The third-order valence-corrected chi connectivity index (χ3v) is 7.11. The van der Waals surface area contributed by atoms with Crippen LogP contribution in [0.2, 0.25) is 0 Å². The summed E-state index contributed by atoms with van der Waals surface area (Å²) in [7, 11) is 0. The normalized spacial score (nSPS) is 11.4. The first-order valence-corrected chi connectivity index (χ1v) is 16.0. The van der Waals surface area contributed by atoms with Gasteiger partial charge >= 0.3 is 17.9 Å². The molecule has 0 aliphatic rings. The average molecular weight is 619 g/mol. The summed E-state index contributed by atoms with van der Waals surface area (Å²) >= 11 is 0. The number of esters is 3. The Morgan fingerprint density at radius 1 is 0.578 bits per heavy atom. The van der Waals surface area contributed by atoms with Crippen LogP contribution in [-0.4, -0.2) is 50.4 Å². The summed E-state index contributed by atoms with van der Waals surface area (Å²) in [5.41, 5.74) is 2.59. The summed E-state index contributed by atoms with van der Waals surface area (Å²) in [6.07, 6.45) is 8.27. The zero-order valence-electron chi connectivity index (χ0n) is 26.8. The third kappa shape index (κ3) is 12.8. The van der Waals surface area contributed by atoms with Gasteiger partial charge < -0.3 is 23.7 Å². The molecule has 0 radical (unpaired) electrons. The van der Waals surface area contributed by atoms with Gasteiger partial charge in [0.15, 0.2) is 6.10 Å². The molecule has 0 fully saturated rings. The molecule has 0 N–H and O–H groups in total. The Morgan fingerprint density at radius 2 is 1.13 bits per heavy atom. The predicted octanol–water partition coefficient (Wildman–Crippen LogP) is 8.22. The quantitative estimate of drug-likeness (QED) is 0.0710. The number of hydrogen-bond donors (Lipinski definition) is 0. The molecule has 0 saturated carbocycles. The largest absolute Gasteiger partial charge is 0.494 e. The van der Waals surface area contributed by atoms with Crippen molar-refractivity contribution < 1.29 is 38.1 Å². The van der Waals surface area contributed by atoms with Crippen LogP contribution < -0.4 is 9.47 Å². The maximum atomic E-state index is 12.7. The second-order valence-corrected chi connectivity index (χ2v) is 10.8. The number of ether oxygens (including phenoxy) is 5. The molecule has 3 aromatic carbocycles. The molecule has 0 heterocycles. The first-order valence-electron chi connectivity index (χ1n) is 16.0. The van der Waals surface area contributed by atoms with Gasteiger partial charge in [-0.3, -0.25) is 0 Å². The van der Waals surface area contributed by atoms with E-state index in [1.54, 1.807) is 12.1 Å². The maximum Gasteiger partial charge on any atom is 0.347 e. The Morgan fingerprint density at radius 3 is 1.80 bits per heavy atom. The van der Waals surface area contributed by atoms with E-state index in [-0.39, 0.29) is 17.9 Å². The van der Waals surface area contributed by atoms with Crippen LogP contribution in [0.5, 0.6) is 11.5 Å². The van der Waals surface area contributed by atoms with E-state index in [9.17, 15) is 14.4 Å². The molecule has 3 aromatic rings. The van der Waals surface area contributed by atoms with Crippen molar-refractivity contribution in [2.45, 2.75) is 78.2 Å². The SMILES string of the molecule is CCCCCCCCOc1ccc(-c2ccc(C(=O)Oc3ccc(C(=O)OC(C)C(=O)OCCOCCCC)cc3)cc2)cc1. The van der Waals surface area contributed by atoms with Crippen LogP contribution in [0.25, 0.3) is 11.1 Å². The molecule has 242 valence electrons. The van der Waals surface area contributed by atoms with Gasteiger partial charge in [0.05, 0.1) is 24.3 Å². The number of benzene rings is 3.